The molecule has 7 atom stereocenters. The van der Waals surface area contributed by atoms with Crippen molar-refractivity contribution < 1.29 is 19.1 Å². The molecule has 4 nitrogen and oxygen atoms in total. The third kappa shape index (κ3) is 7.44. The first kappa shape index (κ1) is 26.1. The summed E-state index contributed by atoms with van der Waals surface area (Å²) in [5.41, 5.74) is 0.903. The number of ketones is 1. The fraction of sp³-hybridized carbons (Fsp3) is 0.852. The number of hydrogen-bond acceptors (Lipinski definition) is 4. The van der Waals surface area contributed by atoms with E-state index in [1.165, 1.54) is 0 Å². The van der Waals surface area contributed by atoms with Crippen molar-refractivity contribution in [3.63, 3.8) is 0 Å². The Morgan fingerprint density at radius 3 is 2.45 bits per heavy atom. The molecule has 2 bridgehead atoms. The van der Waals surface area contributed by atoms with Crippen LogP contribution >= 0.6 is 0 Å². The van der Waals surface area contributed by atoms with Gasteiger partial charge in [-0.15, -0.1) is 0 Å². The first-order valence-electron chi connectivity index (χ1n) is 12.6. The summed E-state index contributed by atoms with van der Waals surface area (Å²) in [6.07, 6.45) is 8.57. The number of fused-ring (bicyclic) bond motifs is 2. The minimum absolute atomic E-state index is 0.0198. The van der Waals surface area contributed by atoms with Gasteiger partial charge in [-0.25, -0.2) is 0 Å². The summed E-state index contributed by atoms with van der Waals surface area (Å²) in [6, 6.07) is 0. The molecule has 0 aliphatic carbocycles. The van der Waals surface area contributed by atoms with Crippen LogP contribution in [-0.2, 0) is 19.1 Å². The van der Waals surface area contributed by atoms with Crippen molar-refractivity contribution in [2.75, 3.05) is 0 Å². The zero-order valence-corrected chi connectivity index (χ0v) is 20.9. The maximum atomic E-state index is 13.0. The van der Waals surface area contributed by atoms with Crippen LogP contribution in [0.25, 0.3) is 0 Å². The molecule has 2 aliphatic rings. The molecule has 0 unspecified atom stereocenters. The maximum absolute atomic E-state index is 13.0. The number of Topliss-reactive ketones (excluding diaryl/α,β-unsaturated/α-hetero) is 1. The number of hydrogen-bond donors (Lipinski definition) is 0. The van der Waals surface area contributed by atoms with E-state index in [0.29, 0.717) is 24.5 Å². The third-order valence-electron chi connectivity index (χ3n) is 7.87. The van der Waals surface area contributed by atoms with Crippen molar-refractivity contribution >= 4 is 11.8 Å². The smallest absolute Gasteiger partial charge is 0.308 e. The summed E-state index contributed by atoms with van der Waals surface area (Å²) in [4.78, 5) is 25.7. The van der Waals surface area contributed by atoms with E-state index in [2.05, 4.69) is 34.3 Å². The second kappa shape index (κ2) is 11.6. The van der Waals surface area contributed by atoms with Gasteiger partial charge >= 0.3 is 5.97 Å². The quantitative estimate of drug-likeness (QED) is 0.360. The highest BCUT2D eigenvalue weighted by Gasteiger charge is 2.43. The van der Waals surface area contributed by atoms with Crippen LogP contribution < -0.4 is 0 Å². The van der Waals surface area contributed by atoms with E-state index in [-0.39, 0.29) is 41.5 Å². The van der Waals surface area contributed by atoms with Gasteiger partial charge in [-0.3, -0.25) is 9.59 Å². The predicted octanol–water partition coefficient (Wildman–Crippen LogP) is 6.66. The monoisotopic (exact) mass is 434 g/mol. The van der Waals surface area contributed by atoms with Crippen LogP contribution in [0.3, 0.4) is 0 Å². The van der Waals surface area contributed by atoms with Gasteiger partial charge in [-0.2, -0.15) is 0 Å². The molecule has 4 heteroatoms. The molecule has 2 saturated heterocycles. The Morgan fingerprint density at radius 1 is 1.06 bits per heavy atom. The topological polar surface area (TPSA) is 52.6 Å². The van der Waals surface area contributed by atoms with Gasteiger partial charge in [0, 0.05) is 18.8 Å². The van der Waals surface area contributed by atoms with Gasteiger partial charge in [0.1, 0.15) is 11.9 Å². The van der Waals surface area contributed by atoms with Crippen LogP contribution in [0.15, 0.2) is 12.2 Å². The van der Waals surface area contributed by atoms with Gasteiger partial charge in [-0.1, -0.05) is 66.0 Å². The van der Waals surface area contributed by atoms with Crippen LogP contribution in [0.4, 0.5) is 0 Å². The lowest BCUT2D eigenvalue weighted by Gasteiger charge is -2.29. The highest BCUT2D eigenvalue weighted by molar-refractivity contribution is 5.81. The minimum Gasteiger partial charge on any atom is -0.462 e. The zero-order chi connectivity index (χ0) is 23.2. The molecule has 0 aromatic rings. The average Bonchev–Trinajstić information content (AvgIpc) is 2.96. The van der Waals surface area contributed by atoms with E-state index in [1.54, 1.807) is 0 Å². The maximum Gasteiger partial charge on any atom is 0.308 e. The number of ether oxygens (including phenoxy) is 2. The molecule has 0 amide bonds. The van der Waals surface area contributed by atoms with Gasteiger partial charge in [0.25, 0.3) is 0 Å². The second-order valence-electron chi connectivity index (χ2n) is 10.8. The van der Waals surface area contributed by atoms with E-state index in [0.717, 1.165) is 56.9 Å². The standard InChI is InChI=1S/C27H46O4/c1-8-11-23-15-18(2)14-20(4)22(6)25(28)17-24-16-21(5)27(7,31-24)13-10-9-12-19(3)26(29)30-23/h19-24H,2,8-17H2,1,3-7H3/t19-,20+,21-,22-,23+,24+,27-/m0/s1. The Morgan fingerprint density at radius 2 is 1.77 bits per heavy atom. The Kier molecular flexibility index (Phi) is 9.79. The van der Waals surface area contributed by atoms with Crippen molar-refractivity contribution in [3.8, 4) is 0 Å². The molecule has 0 aromatic heterocycles. The largest absolute Gasteiger partial charge is 0.462 e. The second-order valence-corrected chi connectivity index (χ2v) is 10.8. The summed E-state index contributed by atoms with van der Waals surface area (Å²) in [5, 5.41) is 0. The molecule has 0 aromatic carbocycles. The number of esters is 1. The molecule has 178 valence electrons. The van der Waals surface area contributed by atoms with E-state index < -0.39 is 0 Å². The third-order valence-corrected chi connectivity index (χ3v) is 7.87. The van der Waals surface area contributed by atoms with Crippen LogP contribution in [0.2, 0.25) is 0 Å². The summed E-state index contributed by atoms with van der Waals surface area (Å²) < 4.78 is 12.3. The molecular weight excluding hydrogens is 388 g/mol. The summed E-state index contributed by atoms with van der Waals surface area (Å²) in [6.45, 7) is 17.0. The Hall–Kier alpha value is -1.16. The fourth-order valence-electron chi connectivity index (χ4n) is 5.23. The van der Waals surface area contributed by atoms with Crippen LogP contribution in [-0.4, -0.2) is 29.6 Å². The number of rotatable bonds is 2. The van der Waals surface area contributed by atoms with Crippen molar-refractivity contribution in [1.29, 1.82) is 0 Å². The first-order chi connectivity index (χ1) is 14.6. The normalized spacial score (nSPS) is 39.6. The van der Waals surface area contributed by atoms with E-state index in [4.69, 9.17) is 9.47 Å². The van der Waals surface area contributed by atoms with Gasteiger partial charge in [0.2, 0.25) is 0 Å². The highest BCUT2D eigenvalue weighted by Crippen LogP contribution is 2.41. The Bertz CT molecular complexity index is 627. The lowest BCUT2D eigenvalue weighted by molar-refractivity contribution is -0.154. The molecule has 0 saturated carbocycles. The molecule has 2 rings (SSSR count). The number of carbonyl (C=O) groups is 2. The molecule has 2 aliphatic heterocycles. The summed E-state index contributed by atoms with van der Waals surface area (Å²) in [5.74, 6) is 0.783. The molecule has 0 radical (unpaired) electrons. The van der Waals surface area contributed by atoms with E-state index in [9.17, 15) is 9.59 Å². The Balaban J connectivity index is 2.14. The molecule has 0 spiro atoms. The van der Waals surface area contributed by atoms with Gasteiger partial charge in [0.05, 0.1) is 17.6 Å². The van der Waals surface area contributed by atoms with Crippen molar-refractivity contribution in [2.45, 2.75) is 124 Å². The van der Waals surface area contributed by atoms with E-state index >= 15 is 0 Å². The summed E-state index contributed by atoms with van der Waals surface area (Å²) in [7, 11) is 0. The van der Waals surface area contributed by atoms with Crippen molar-refractivity contribution in [1.82, 2.24) is 0 Å². The van der Waals surface area contributed by atoms with Crippen molar-refractivity contribution in [3.05, 3.63) is 12.2 Å². The lowest BCUT2D eigenvalue weighted by Crippen LogP contribution is -2.31. The van der Waals surface area contributed by atoms with Crippen molar-refractivity contribution in [2.24, 2.45) is 23.7 Å². The van der Waals surface area contributed by atoms with Crippen LogP contribution in [0, 0.1) is 23.7 Å². The highest BCUT2D eigenvalue weighted by atomic mass is 16.5. The van der Waals surface area contributed by atoms with Crippen LogP contribution in [0.1, 0.15) is 106 Å². The lowest BCUT2D eigenvalue weighted by atomic mass is 9.82. The van der Waals surface area contributed by atoms with E-state index in [1.807, 2.05) is 13.8 Å². The zero-order valence-electron chi connectivity index (χ0n) is 20.9. The Labute approximate surface area is 190 Å². The molecule has 2 fully saturated rings. The minimum atomic E-state index is -0.171. The molecule has 2 heterocycles. The SMILES string of the molecule is C=C1C[C@@H](CCC)OC(=O)[C@@H](C)CCCC[C@]2(C)O[C@@H](CC(=O)[C@@H](C)[C@H](C)C1)C[C@@H]2C. The van der Waals surface area contributed by atoms with Gasteiger partial charge in [-0.05, 0) is 50.9 Å². The summed E-state index contributed by atoms with van der Waals surface area (Å²) >= 11 is 0. The number of cyclic esters (lactones) is 1. The molecular formula is C27H46O4. The number of carbonyl (C=O) groups excluding carboxylic acids is 2. The first-order valence-corrected chi connectivity index (χ1v) is 12.6. The average molecular weight is 435 g/mol. The molecule has 31 heavy (non-hydrogen) atoms. The predicted molar refractivity (Wildman–Crippen MR) is 126 cm³/mol. The van der Waals surface area contributed by atoms with Gasteiger partial charge < -0.3 is 9.47 Å². The fourth-order valence-corrected chi connectivity index (χ4v) is 5.23. The molecule has 0 N–H and O–H groups in total. The van der Waals surface area contributed by atoms with Crippen LogP contribution in [0.5, 0.6) is 0 Å². The van der Waals surface area contributed by atoms with Gasteiger partial charge in [0.15, 0.2) is 0 Å².